The summed E-state index contributed by atoms with van der Waals surface area (Å²) >= 11 is 1.72. The van der Waals surface area contributed by atoms with Gasteiger partial charge in [-0.3, -0.25) is 0 Å². The maximum Gasteiger partial charge on any atom is 0.151 e. The van der Waals surface area contributed by atoms with Crippen LogP contribution in [0, 0.1) is 0 Å². The first kappa shape index (κ1) is 13.8. The van der Waals surface area contributed by atoms with E-state index in [0.29, 0.717) is 5.75 Å². The van der Waals surface area contributed by atoms with Gasteiger partial charge in [0.1, 0.15) is 0 Å². The number of rotatable bonds is 4. The zero-order valence-electron chi connectivity index (χ0n) is 11.1. The Labute approximate surface area is 123 Å². The van der Waals surface area contributed by atoms with Crippen molar-refractivity contribution in [1.29, 1.82) is 0 Å². The summed E-state index contributed by atoms with van der Waals surface area (Å²) in [7, 11) is -2.80. The van der Waals surface area contributed by atoms with E-state index in [1.165, 1.54) is 16.0 Å². The van der Waals surface area contributed by atoms with Gasteiger partial charge in [-0.2, -0.15) is 0 Å². The van der Waals surface area contributed by atoms with Gasteiger partial charge in [-0.15, -0.1) is 11.3 Å². The normalized spacial score (nSPS) is 21.1. The van der Waals surface area contributed by atoms with Crippen molar-refractivity contribution in [2.24, 2.45) is 0 Å². The Bertz CT molecular complexity index is 677. The summed E-state index contributed by atoms with van der Waals surface area (Å²) in [5.41, 5.74) is 2.45. The highest BCUT2D eigenvalue weighted by Crippen LogP contribution is 2.25. The van der Waals surface area contributed by atoms with Crippen LogP contribution in [-0.4, -0.2) is 26.0 Å². The third-order valence-electron chi connectivity index (χ3n) is 3.56. The molecule has 0 amide bonds. The number of sulfone groups is 1. The molecule has 1 aliphatic heterocycles. The topological polar surface area (TPSA) is 46.2 Å². The molecule has 0 bridgehead atoms. The van der Waals surface area contributed by atoms with E-state index in [0.717, 1.165) is 13.0 Å². The smallest absolute Gasteiger partial charge is 0.151 e. The summed E-state index contributed by atoms with van der Waals surface area (Å²) in [6, 6.07) is 12.6. The summed E-state index contributed by atoms with van der Waals surface area (Å²) in [5.74, 6) is 0.605. The van der Waals surface area contributed by atoms with Crippen molar-refractivity contribution in [2.45, 2.75) is 19.0 Å². The molecule has 5 heteroatoms. The molecule has 0 spiro atoms. The molecule has 1 aliphatic rings. The first-order chi connectivity index (χ1) is 9.62. The quantitative estimate of drug-likeness (QED) is 0.944. The lowest BCUT2D eigenvalue weighted by molar-refractivity contribution is 0.557. The summed E-state index contributed by atoms with van der Waals surface area (Å²) in [6.07, 6.45) is 0.735. The molecule has 106 valence electrons. The third-order valence-corrected chi connectivity index (χ3v) is 6.26. The van der Waals surface area contributed by atoms with E-state index in [2.05, 4.69) is 28.9 Å². The zero-order valence-corrected chi connectivity index (χ0v) is 12.7. The van der Waals surface area contributed by atoms with E-state index in [1.54, 1.807) is 11.3 Å². The third kappa shape index (κ3) is 3.29. The van der Waals surface area contributed by atoms with E-state index in [9.17, 15) is 8.42 Å². The van der Waals surface area contributed by atoms with Gasteiger partial charge in [0.15, 0.2) is 9.84 Å². The van der Waals surface area contributed by atoms with Crippen LogP contribution in [0.3, 0.4) is 0 Å². The lowest BCUT2D eigenvalue weighted by Crippen LogP contribution is -2.29. The lowest BCUT2D eigenvalue weighted by Gasteiger charge is -2.08. The van der Waals surface area contributed by atoms with Gasteiger partial charge in [-0.25, -0.2) is 8.42 Å². The van der Waals surface area contributed by atoms with Crippen molar-refractivity contribution in [3.63, 3.8) is 0 Å². The standard InChI is InChI=1S/C15H17NO2S2/c17-20(18)7-6-14(11-20)16-9-15-8-13(10-19-15)12-4-2-1-3-5-12/h1-5,8,10,14,16H,6-7,9,11H2. The van der Waals surface area contributed by atoms with Crippen LogP contribution in [0.4, 0.5) is 0 Å². The number of thiophene rings is 1. The summed E-state index contributed by atoms with van der Waals surface area (Å²) in [5, 5.41) is 5.50. The molecule has 0 aliphatic carbocycles. The molecule has 1 unspecified atom stereocenters. The van der Waals surface area contributed by atoms with Crippen molar-refractivity contribution < 1.29 is 8.42 Å². The highest BCUT2D eigenvalue weighted by molar-refractivity contribution is 7.91. The first-order valence-electron chi connectivity index (χ1n) is 6.69. The van der Waals surface area contributed by atoms with Crippen molar-refractivity contribution in [3.8, 4) is 11.1 Å². The largest absolute Gasteiger partial charge is 0.308 e. The molecular formula is C15H17NO2S2. The fourth-order valence-electron chi connectivity index (χ4n) is 2.46. The van der Waals surface area contributed by atoms with E-state index < -0.39 is 9.84 Å². The molecule has 1 N–H and O–H groups in total. The van der Waals surface area contributed by atoms with Gasteiger partial charge >= 0.3 is 0 Å². The molecule has 2 aromatic rings. The number of hydrogen-bond donors (Lipinski definition) is 1. The number of benzene rings is 1. The van der Waals surface area contributed by atoms with Crippen LogP contribution in [0.1, 0.15) is 11.3 Å². The molecule has 3 rings (SSSR count). The van der Waals surface area contributed by atoms with E-state index in [4.69, 9.17) is 0 Å². The van der Waals surface area contributed by atoms with E-state index >= 15 is 0 Å². The van der Waals surface area contributed by atoms with Gasteiger partial charge in [0.05, 0.1) is 11.5 Å². The zero-order chi connectivity index (χ0) is 14.0. The van der Waals surface area contributed by atoms with Crippen molar-refractivity contribution in [2.75, 3.05) is 11.5 Å². The Morgan fingerprint density at radius 3 is 2.70 bits per heavy atom. The average molecular weight is 307 g/mol. The Hall–Kier alpha value is -1.17. The first-order valence-corrected chi connectivity index (χ1v) is 9.39. The van der Waals surface area contributed by atoms with Gasteiger partial charge in [-0.05, 0) is 29.0 Å². The van der Waals surface area contributed by atoms with Crippen LogP contribution in [0.5, 0.6) is 0 Å². The van der Waals surface area contributed by atoms with Crippen LogP contribution in [0.25, 0.3) is 11.1 Å². The fourth-order valence-corrected chi connectivity index (χ4v) is 5.01. The molecule has 1 aromatic carbocycles. The van der Waals surface area contributed by atoms with Crippen LogP contribution >= 0.6 is 11.3 Å². The predicted molar refractivity (Wildman–Crippen MR) is 83.7 cm³/mol. The minimum atomic E-state index is -2.80. The Balaban J connectivity index is 1.61. The maximum atomic E-state index is 11.4. The Kier molecular flexibility index (Phi) is 3.92. The second-order valence-corrected chi connectivity index (χ2v) is 8.37. The van der Waals surface area contributed by atoms with Gasteiger partial charge in [-0.1, -0.05) is 30.3 Å². The van der Waals surface area contributed by atoms with E-state index in [-0.39, 0.29) is 11.8 Å². The minimum Gasteiger partial charge on any atom is -0.308 e. The molecule has 1 saturated heterocycles. The molecule has 0 saturated carbocycles. The Morgan fingerprint density at radius 1 is 1.20 bits per heavy atom. The highest BCUT2D eigenvalue weighted by atomic mass is 32.2. The summed E-state index contributed by atoms with van der Waals surface area (Å²) in [4.78, 5) is 1.24. The monoisotopic (exact) mass is 307 g/mol. The molecule has 20 heavy (non-hydrogen) atoms. The second kappa shape index (κ2) is 5.68. The lowest BCUT2D eigenvalue weighted by atomic mass is 10.1. The van der Waals surface area contributed by atoms with E-state index in [1.807, 2.05) is 18.2 Å². The molecule has 1 fully saturated rings. The van der Waals surface area contributed by atoms with Crippen molar-refractivity contribution in [1.82, 2.24) is 5.32 Å². The highest BCUT2D eigenvalue weighted by Gasteiger charge is 2.27. The molecular weight excluding hydrogens is 290 g/mol. The number of nitrogens with one attached hydrogen (secondary N) is 1. The maximum absolute atomic E-state index is 11.4. The number of hydrogen-bond acceptors (Lipinski definition) is 4. The average Bonchev–Trinajstić information content (AvgIpc) is 3.04. The molecule has 3 nitrogen and oxygen atoms in total. The van der Waals surface area contributed by atoms with Crippen LogP contribution in [-0.2, 0) is 16.4 Å². The minimum absolute atomic E-state index is 0.113. The molecule has 1 aromatic heterocycles. The fraction of sp³-hybridized carbons (Fsp3) is 0.333. The van der Waals surface area contributed by atoms with Gasteiger partial charge in [0.2, 0.25) is 0 Å². The van der Waals surface area contributed by atoms with Gasteiger partial charge < -0.3 is 5.32 Å². The summed E-state index contributed by atoms with van der Waals surface area (Å²) < 4.78 is 22.8. The van der Waals surface area contributed by atoms with Crippen LogP contribution in [0.15, 0.2) is 41.8 Å². The Morgan fingerprint density at radius 2 is 2.00 bits per heavy atom. The van der Waals surface area contributed by atoms with Crippen LogP contribution in [0.2, 0.25) is 0 Å². The van der Waals surface area contributed by atoms with Crippen molar-refractivity contribution in [3.05, 3.63) is 46.7 Å². The van der Waals surface area contributed by atoms with Gasteiger partial charge in [0, 0.05) is 17.5 Å². The predicted octanol–water partition coefficient (Wildman–Crippen LogP) is 2.69. The molecule has 0 radical (unpaired) electrons. The van der Waals surface area contributed by atoms with Gasteiger partial charge in [0.25, 0.3) is 0 Å². The summed E-state index contributed by atoms with van der Waals surface area (Å²) in [6.45, 7) is 0.748. The SMILES string of the molecule is O=S1(=O)CCC(NCc2cc(-c3ccccc3)cs2)C1. The molecule has 1 atom stereocenters. The molecule has 2 heterocycles. The van der Waals surface area contributed by atoms with Crippen LogP contribution < -0.4 is 5.32 Å². The van der Waals surface area contributed by atoms with Crippen molar-refractivity contribution >= 4 is 21.2 Å². The second-order valence-electron chi connectivity index (χ2n) is 5.15.